The van der Waals surface area contributed by atoms with E-state index in [0.29, 0.717) is 25.4 Å². The van der Waals surface area contributed by atoms with Gasteiger partial charge in [-0.1, -0.05) is 57.4 Å². The number of benzene rings is 1. The van der Waals surface area contributed by atoms with Crippen LogP contribution in [0.3, 0.4) is 0 Å². The molecule has 0 aromatic heterocycles. The molecule has 3 amide bonds. The Morgan fingerprint density at radius 2 is 2.04 bits per heavy atom. The number of rotatable bonds is 10. The first-order chi connectivity index (χ1) is 12.6. The molecule has 5 nitrogen and oxygen atoms in total. The Labute approximate surface area is 157 Å². The molecule has 0 bridgehead atoms. The van der Waals surface area contributed by atoms with E-state index in [2.05, 4.69) is 30.5 Å². The topological polar surface area (TPSA) is 61.4 Å². The van der Waals surface area contributed by atoms with Crippen molar-refractivity contribution in [1.29, 1.82) is 0 Å². The van der Waals surface area contributed by atoms with Crippen LogP contribution in [0, 0.1) is 5.92 Å². The second-order valence-electron chi connectivity index (χ2n) is 7.22. The van der Waals surface area contributed by atoms with Gasteiger partial charge in [0, 0.05) is 32.6 Å². The highest BCUT2D eigenvalue weighted by Crippen LogP contribution is 2.15. The number of carbonyl (C=O) groups excluding carboxylic acids is 2. The first-order valence-electron chi connectivity index (χ1n) is 9.99. The fourth-order valence-corrected chi connectivity index (χ4v) is 3.35. The number of carbonyl (C=O) groups is 2. The molecule has 1 fully saturated rings. The number of unbranched alkanes of at least 4 members (excludes halogenated alkanes) is 1. The molecule has 1 atom stereocenters. The summed E-state index contributed by atoms with van der Waals surface area (Å²) >= 11 is 0. The van der Waals surface area contributed by atoms with Crippen molar-refractivity contribution in [1.82, 2.24) is 15.5 Å². The smallest absolute Gasteiger partial charge is 0.315 e. The van der Waals surface area contributed by atoms with Crippen LogP contribution >= 0.6 is 0 Å². The summed E-state index contributed by atoms with van der Waals surface area (Å²) in [6.07, 6.45) is 6.30. The van der Waals surface area contributed by atoms with E-state index in [1.807, 2.05) is 23.1 Å². The summed E-state index contributed by atoms with van der Waals surface area (Å²) in [6, 6.07) is 7.99. The molecule has 0 aliphatic carbocycles. The van der Waals surface area contributed by atoms with E-state index in [1.54, 1.807) is 0 Å². The SMILES string of the molecule is CCCCC(CC)CNC(=O)NCc1cccc(CN2CCCC2=O)c1. The number of hydrogen-bond donors (Lipinski definition) is 2. The summed E-state index contributed by atoms with van der Waals surface area (Å²) in [5, 5.41) is 5.92. The molecule has 0 spiro atoms. The fraction of sp³-hybridized carbons (Fsp3) is 0.619. The standard InChI is InChI=1S/C21H33N3O2/c1-3-5-8-17(4-2)14-22-21(26)23-15-18-9-6-10-19(13-18)16-24-12-7-11-20(24)25/h6,9-10,13,17H,3-5,7-8,11-12,14-16H2,1-2H3,(H2,22,23,26). The summed E-state index contributed by atoms with van der Waals surface area (Å²) in [6.45, 7) is 7.12. The van der Waals surface area contributed by atoms with Gasteiger partial charge in [0.2, 0.25) is 5.91 Å². The third-order valence-corrected chi connectivity index (χ3v) is 5.08. The molecule has 2 N–H and O–H groups in total. The third kappa shape index (κ3) is 6.70. The Bertz CT molecular complexity index is 588. The van der Waals surface area contributed by atoms with Gasteiger partial charge in [-0.15, -0.1) is 0 Å². The number of nitrogens with zero attached hydrogens (tertiary/aromatic N) is 1. The van der Waals surface area contributed by atoms with Crippen molar-refractivity contribution in [3.05, 3.63) is 35.4 Å². The summed E-state index contributed by atoms with van der Waals surface area (Å²) in [4.78, 5) is 25.7. The predicted molar refractivity (Wildman–Crippen MR) is 105 cm³/mol. The van der Waals surface area contributed by atoms with Gasteiger partial charge in [0.05, 0.1) is 0 Å². The highest BCUT2D eigenvalue weighted by atomic mass is 16.2. The van der Waals surface area contributed by atoms with Gasteiger partial charge in [-0.05, 0) is 29.9 Å². The molecule has 1 aromatic carbocycles. The van der Waals surface area contributed by atoms with Gasteiger partial charge in [0.15, 0.2) is 0 Å². The highest BCUT2D eigenvalue weighted by molar-refractivity contribution is 5.78. The molecule has 1 saturated heterocycles. The monoisotopic (exact) mass is 359 g/mol. The maximum atomic E-state index is 12.0. The van der Waals surface area contributed by atoms with E-state index in [9.17, 15) is 9.59 Å². The van der Waals surface area contributed by atoms with Gasteiger partial charge in [0.1, 0.15) is 0 Å². The van der Waals surface area contributed by atoms with E-state index in [4.69, 9.17) is 0 Å². The van der Waals surface area contributed by atoms with Crippen LogP contribution < -0.4 is 10.6 Å². The van der Waals surface area contributed by atoms with Crippen molar-refractivity contribution in [2.75, 3.05) is 13.1 Å². The number of urea groups is 1. The first kappa shape index (κ1) is 20.3. The van der Waals surface area contributed by atoms with Crippen molar-refractivity contribution in [3.8, 4) is 0 Å². The van der Waals surface area contributed by atoms with Gasteiger partial charge >= 0.3 is 6.03 Å². The molecule has 26 heavy (non-hydrogen) atoms. The van der Waals surface area contributed by atoms with Gasteiger partial charge in [-0.3, -0.25) is 4.79 Å². The molecule has 5 heteroatoms. The Morgan fingerprint density at radius 3 is 2.73 bits per heavy atom. The minimum atomic E-state index is -0.111. The van der Waals surface area contributed by atoms with Crippen LogP contribution in [0.1, 0.15) is 63.5 Å². The molecule has 1 aliphatic rings. The van der Waals surface area contributed by atoms with Crippen LogP contribution in [-0.2, 0) is 17.9 Å². The second kappa shape index (κ2) is 10.8. The average Bonchev–Trinajstić information content (AvgIpc) is 3.05. The minimum Gasteiger partial charge on any atom is -0.338 e. The van der Waals surface area contributed by atoms with Crippen molar-refractivity contribution in [2.24, 2.45) is 5.92 Å². The van der Waals surface area contributed by atoms with Crippen LogP contribution in [0.25, 0.3) is 0 Å². The molecular formula is C21H33N3O2. The number of hydrogen-bond acceptors (Lipinski definition) is 2. The molecule has 0 radical (unpaired) electrons. The quantitative estimate of drug-likeness (QED) is 0.667. The highest BCUT2D eigenvalue weighted by Gasteiger charge is 2.19. The zero-order valence-corrected chi connectivity index (χ0v) is 16.2. The maximum absolute atomic E-state index is 12.0. The van der Waals surface area contributed by atoms with Crippen LogP contribution in [0.2, 0.25) is 0 Å². The first-order valence-corrected chi connectivity index (χ1v) is 9.99. The molecule has 0 saturated carbocycles. The predicted octanol–water partition coefficient (Wildman–Crippen LogP) is 3.82. The van der Waals surface area contributed by atoms with Crippen LogP contribution in [0.5, 0.6) is 0 Å². The normalized spacial score (nSPS) is 15.2. The van der Waals surface area contributed by atoms with Gasteiger partial charge in [0.25, 0.3) is 0 Å². The Kier molecular flexibility index (Phi) is 8.45. The lowest BCUT2D eigenvalue weighted by Crippen LogP contribution is -2.37. The van der Waals surface area contributed by atoms with Crippen LogP contribution in [0.15, 0.2) is 24.3 Å². The van der Waals surface area contributed by atoms with Gasteiger partial charge in [-0.25, -0.2) is 4.79 Å². The molecule has 1 aromatic rings. The molecule has 1 unspecified atom stereocenters. The fourth-order valence-electron chi connectivity index (χ4n) is 3.35. The molecule has 2 rings (SSSR count). The Balaban J connectivity index is 1.75. The lowest BCUT2D eigenvalue weighted by atomic mass is 9.99. The number of amides is 3. The molecule has 144 valence electrons. The van der Waals surface area contributed by atoms with Crippen molar-refractivity contribution >= 4 is 11.9 Å². The zero-order chi connectivity index (χ0) is 18.8. The Hall–Kier alpha value is -2.04. The van der Waals surface area contributed by atoms with Crippen molar-refractivity contribution in [3.63, 3.8) is 0 Å². The van der Waals surface area contributed by atoms with E-state index in [1.165, 1.54) is 19.3 Å². The van der Waals surface area contributed by atoms with Gasteiger partial charge in [-0.2, -0.15) is 0 Å². The van der Waals surface area contributed by atoms with E-state index in [-0.39, 0.29) is 11.9 Å². The number of nitrogens with one attached hydrogen (secondary N) is 2. The lowest BCUT2D eigenvalue weighted by Gasteiger charge is -2.17. The molecular weight excluding hydrogens is 326 g/mol. The summed E-state index contributed by atoms with van der Waals surface area (Å²) in [7, 11) is 0. The zero-order valence-electron chi connectivity index (χ0n) is 16.2. The Morgan fingerprint density at radius 1 is 1.23 bits per heavy atom. The second-order valence-corrected chi connectivity index (χ2v) is 7.22. The molecule has 1 aliphatic heterocycles. The molecule has 1 heterocycles. The third-order valence-electron chi connectivity index (χ3n) is 5.08. The van der Waals surface area contributed by atoms with Crippen molar-refractivity contribution < 1.29 is 9.59 Å². The maximum Gasteiger partial charge on any atom is 0.315 e. The largest absolute Gasteiger partial charge is 0.338 e. The van der Waals surface area contributed by atoms with E-state index < -0.39 is 0 Å². The van der Waals surface area contributed by atoms with E-state index >= 15 is 0 Å². The van der Waals surface area contributed by atoms with Gasteiger partial charge < -0.3 is 15.5 Å². The van der Waals surface area contributed by atoms with Crippen LogP contribution in [0.4, 0.5) is 4.79 Å². The van der Waals surface area contributed by atoms with Crippen LogP contribution in [-0.4, -0.2) is 29.9 Å². The number of likely N-dealkylation sites (tertiary alicyclic amines) is 1. The summed E-state index contributed by atoms with van der Waals surface area (Å²) < 4.78 is 0. The van der Waals surface area contributed by atoms with E-state index in [0.717, 1.165) is 37.1 Å². The lowest BCUT2D eigenvalue weighted by molar-refractivity contribution is -0.128. The summed E-state index contributed by atoms with van der Waals surface area (Å²) in [5.74, 6) is 0.795. The van der Waals surface area contributed by atoms with Crippen molar-refractivity contribution in [2.45, 2.75) is 65.5 Å². The minimum absolute atomic E-state index is 0.111. The summed E-state index contributed by atoms with van der Waals surface area (Å²) in [5.41, 5.74) is 2.17. The average molecular weight is 360 g/mol.